The van der Waals surface area contributed by atoms with E-state index in [9.17, 15) is 4.79 Å². The average molecular weight is 373 g/mol. The van der Waals surface area contributed by atoms with Gasteiger partial charge in [-0.1, -0.05) is 0 Å². The van der Waals surface area contributed by atoms with Crippen molar-refractivity contribution in [2.45, 2.75) is 33.3 Å². The fourth-order valence-corrected chi connectivity index (χ4v) is 2.35. The van der Waals surface area contributed by atoms with Crippen LogP contribution in [0.25, 0.3) is 0 Å². The van der Waals surface area contributed by atoms with E-state index in [4.69, 9.17) is 9.47 Å². The number of nitrogens with zero attached hydrogens (tertiary/aromatic N) is 2. The molecular weight excluding hydrogens is 346 g/mol. The maximum absolute atomic E-state index is 11.9. The monoisotopic (exact) mass is 373 g/mol. The Morgan fingerprint density at radius 2 is 1.93 bits per heavy atom. The zero-order chi connectivity index (χ0) is 20.0. The van der Waals surface area contributed by atoms with Gasteiger partial charge in [-0.15, -0.1) is 0 Å². The number of anilines is 4. The van der Waals surface area contributed by atoms with Crippen molar-refractivity contribution < 1.29 is 14.3 Å². The molecule has 1 aromatic carbocycles. The third-order valence-corrected chi connectivity index (χ3v) is 3.41. The summed E-state index contributed by atoms with van der Waals surface area (Å²) in [5.74, 6) is 1.47. The number of esters is 1. The van der Waals surface area contributed by atoms with Gasteiger partial charge in [0.2, 0.25) is 5.95 Å². The van der Waals surface area contributed by atoms with Crippen LogP contribution in [0.5, 0.6) is 5.75 Å². The highest BCUT2D eigenvalue weighted by Crippen LogP contribution is 2.29. The van der Waals surface area contributed by atoms with Crippen molar-refractivity contribution >= 4 is 29.1 Å². The Kier molecular flexibility index (Phi) is 6.44. The molecule has 0 aliphatic heterocycles. The van der Waals surface area contributed by atoms with Gasteiger partial charge in [0.1, 0.15) is 23.7 Å². The first-order chi connectivity index (χ1) is 12.7. The molecule has 146 valence electrons. The first kappa shape index (κ1) is 20.3. The molecule has 1 aromatic heterocycles. The molecule has 8 heteroatoms. The predicted octanol–water partition coefficient (Wildman–Crippen LogP) is 3.33. The molecular formula is C19H27N5O3. The number of ether oxygens (including phenoxy) is 2. The number of hydrogen-bond acceptors (Lipinski definition) is 8. The third-order valence-electron chi connectivity index (χ3n) is 3.41. The molecule has 0 saturated heterocycles. The minimum Gasteiger partial charge on any atom is -0.495 e. The number of aryl methyl sites for hydroxylation is 1. The fraction of sp³-hybridized carbons (Fsp3) is 0.421. The summed E-state index contributed by atoms with van der Waals surface area (Å²) in [5, 5.41) is 9.22. The van der Waals surface area contributed by atoms with E-state index in [0.29, 0.717) is 17.4 Å². The van der Waals surface area contributed by atoms with E-state index in [1.54, 1.807) is 20.2 Å². The zero-order valence-corrected chi connectivity index (χ0v) is 16.6. The number of carbonyl (C=O) groups is 1. The molecule has 0 aliphatic rings. The van der Waals surface area contributed by atoms with Gasteiger partial charge in [0.05, 0.1) is 12.8 Å². The van der Waals surface area contributed by atoms with Crippen LogP contribution in [-0.2, 0) is 9.53 Å². The number of rotatable bonds is 7. The van der Waals surface area contributed by atoms with Crippen LogP contribution in [0.4, 0.5) is 23.1 Å². The molecule has 2 aromatic rings. The first-order valence-corrected chi connectivity index (χ1v) is 8.64. The molecule has 0 saturated carbocycles. The lowest BCUT2D eigenvalue weighted by Crippen LogP contribution is -2.28. The maximum atomic E-state index is 11.9. The van der Waals surface area contributed by atoms with E-state index in [2.05, 4.69) is 25.9 Å². The highest BCUT2D eigenvalue weighted by molar-refractivity contribution is 5.77. The van der Waals surface area contributed by atoms with Gasteiger partial charge in [-0.2, -0.15) is 4.98 Å². The van der Waals surface area contributed by atoms with Crippen LogP contribution in [0.2, 0.25) is 0 Å². The van der Waals surface area contributed by atoms with Gasteiger partial charge in [-0.05, 0) is 45.9 Å². The zero-order valence-electron chi connectivity index (χ0n) is 16.6. The fourth-order valence-electron chi connectivity index (χ4n) is 2.35. The second kappa shape index (κ2) is 8.57. The third kappa shape index (κ3) is 6.32. The van der Waals surface area contributed by atoms with Crippen LogP contribution in [-0.4, -0.2) is 42.2 Å². The van der Waals surface area contributed by atoms with Crippen LogP contribution in [0.3, 0.4) is 0 Å². The van der Waals surface area contributed by atoms with Gasteiger partial charge in [-0.25, -0.2) is 4.98 Å². The molecule has 27 heavy (non-hydrogen) atoms. The SMILES string of the molecule is CNc1cc(C)nc(Nc2ccc(OC)c(NCC(=O)OC(C)(C)C)c2)n1. The maximum Gasteiger partial charge on any atom is 0.325 e. The van der Waals surface area contributed by atoms with Crippen molar-refractivity contribution in [3.8, 4) is 5.75 Å². The lowest BCUT2D eigenvalue weighted by Gasteiger charge is -2.20. The van der Waals surface area contributed by atoms with Crippen LogP contribution < -0.4 is 20.7 Å². The van der Waals surface area contributed by atoms with Gasteiger partial charge in [0, 0.05) is 24.5 Å². The van der Waals surface area contributed by atoms with Crippen molar-refractivity contribution in [3.05, 3.63) is 30.0 Å². The Balaban J connectivity index is 2.15. The molecule has 0 unspecified atom stereocenters. The van der Waals surface area contributed by atoms with Crippen LogP contribution >= 0.6 is 0 Å². The van der Waals surface area contributed by atoms with E-state index in [-0.39, 0.29) is 12.5 Å². The van der Waals surface area contributed by atoms with E-state index < -0.39 is 5.60 Å². The van der Waals surface area contributed by atoms with E-state index in [0.717, 1.165) is 17.2 Å². The van der Waals surface area contributed by atoms with Crippen LogP contribution in [0.1, 0.15) is 26.5 Å². The van der Waals surface area contributed by atoms with E-state index in [1.807, 2.05) is 45.9 Å². The minimum absolute atomic E-state index is 0.0297. The summed E-state index contributed by atoms with van der Waals surface area (Å²) in [6, 6.07) is 7.33. The topological polar surface area (TPSA) is 97.4 Å². The highest BCUT2D eigenvalue weighted by atomic mass is 16.6. The van der Waals surface area contributed by atoms with Crippen molar-refractivity contribution in [3.63, 3.8) is 0 Å². The summed E-state index contributed by atoms with van der Waals surface area (Å²) in [6.45, 7) is 7.42. The lowest BCUT2D eigenvalue weighted by molar-refractivity contribution is -0.152. The Morgan fingerprint density at radius 3 is 2.56 bits per heavy atom. The molecule has 3 N–H and O–H groups in total. The van der Waals surface area contributed by atoms with Crippen LogP contribution in [0, 0.1) is 6.92 Å². The number of carbonyl (C=O) groups excluding carboxylic acids is 1. The molecule has 8 nitrogen and oxygen atoms in total. The molecule has 0 amide bonds. The summed E-state index contributed by atoms with van der Waals surface area (Å²) in [4.78, 5) is 20.7. The summed E-state index contributed by atoms with van der Waals surface area (Å²) in [5.41, 5.74) is 1.73. The summed E-state index contributed by atoms with van der Waals surface area (Å²) in [6.07, 6.45) is 0. The summed E-state index contributed by atoms with van der Waals surface area (Å²) in [7, 11) is 3.38. The molecule has 0 bridgehead atoms. The first-order valence-electron chi connectivity index (χ1n) is 8.64. The lowest BCUT2D eigenvalue weighted by atomic mass is 10.2. The number of methoxy groups -OCH3 is 1. The number of benzene rings is 1. The molecule has 0 fully saturated rings. The normalized spacial score (nSPS) is 10.9. The Bertz CT molecular complexity index is 802. The largest absolute Gasteiger partial charge is 0.495 e. The Labute approximate surface area is 159 Å². The minimum atomic E-state index is -0.528. The second-order valence-electron chi connectivity index (χ2n) is 6.95. The van der Waals surface area contributed by atoms with Crippen molar-refractivity contribution in [1.82, 2.24) is 9.97 Å². The molecule has 1 heterocycles. The summed E-state index contributed by atoms with van der Waals surface area (Å²) >= 11 is 0. The quantitative estimate of drug-likeness (QED) is 0.636. The number of hydrogen-bond donors (Lipinski definition) is 3. The average Bonchev–Trinajstić information content (AvgIpc) is 2.58. The van der Waals surface area contributed by atoms with Gasteiger partial charge in [0.15, 0.2) is 0 Å². The molecule has 0 spiro atoms. The van der Waals surface area contributed by atoms with Gasteiger partial charge < -0.3 is 25.4 Å². The summed E-state index contributed by atoms with van der Waals surface area (Å²) < 4.78 is 10.7. The standard InChI is InChI=1S/C19H27N5O3/c1-12-9-16(20-5)24-18(22-12)23-13-7-8-15(26-6)14(10-13)21-11-17(25)27-19(2,3)4/h7-10,21H,11H2,1-6H3,(H2,20,22,23,24). The smallest absolute Gasteiger partial charge is 0.325 e. The molecule has 0 radical (unpaired) electrons. The van der Waals surface area contributed by atoms with Crippen molar-refractivity contribution in [2.75, 3.05) is 36.7 Å². The Hall–Kier alpha value is -3.03. The van der Waals surface area contributed by atoms with E-state index in [1.165, 1.54) is 0 Å². The number of aromatic nitrogens is 2. The number of nitrogens with one attached hydrogen (secondary N) is 3. The van der Waals surface area contributed by atoms with Gasteiger partial charge in [0.25, 0.3) is 0 Å². The van der Waals surface area contributed by atoms with Gasteiger partial charge >= 0.3 is 5.97 Å². The van der Waals surface area contributed by atoms with Gasteiger partial charge in [-0.3, -0.25) is 4.79 Å². The molecule has 2 rings (SSSR count). The van der Waals surface area contributed by atoms with Crippen molar-refractivity contribution in [1.29, 1.82) is 0 Å². The highest BCUT2D eigenvalue weighted by Gasteiger charge is 2.16. The molecule has 0 atom stereocenters. The molecule has 0 aliphatic carbocycles. The van der Waals surface area contributed by atoms with Crippen molar-refractivity contribution in [2.24, 2.45) is 0 Å². The second-order valence-corrected chi connectivity index (χ2v) is 6.95. The van der Waals surface area contributed by atoms with Crippen LogP contribution in [0.15, 0.2) is 24.3 Å². The Morgan fingerprint density at radius 1 is 1.19 bits per heavy atom. The predicted molar refractivity (Wildman–Crippen MR) is 107 cm³/mol. The van der Waals surface area contributed by atoms with E-state index >= 15 is 0 Å².